The van der Waals surface area contributed by atoms with Crippen LogP contribution in [-0.4, -0.2) is 92.2 Å². The molecule has 0 rings (SSSR count). The molecule has 9 nitrogen and oxygen atoms in total. The van der Waals surface area contributed by atoms with Crippen molar-refractivity contribution in [3.05, 3.63) is 12.7 Å². The van der Waals surface area contributed by atoms with Crippen molar-refractivity contribution in [2.75, 3.05) is 58.6 Å². The van der Waals surface area contributed by atoms with Gasteiger partial charge in [-0.05, 0) is 54.6 Å². The second-order valence-corrected chi connectivity index (χ2v) is 12.6. The van der Waals surface area contributed by atoms with E-state index in [1.54, 1.807) is 20.8 Å². The summed E-state index contributed by atoms with van der Waals surface area (Å²) in [4.78, 5) is 49.4. The predicted molar refractivity (Wildman–Crippen MR) is 144 cm³/mol. The van der Waals surface area contributed by atoms with Gasteiger partial charge in [0.15, 0.2) is 0 Å². The Balaban J connectivity index is 5.02. The molecule has 12 heteroatoms. The monoisotopic (exact) mass is 569 g/mol. The Morgan fingerprint density at radius 2 is 1.50 bits per heavy atom. The maximum Gasteiger partial charge on any atom is 0.330 e. The Labute approximate surface area is 227 Å². The highest BCUT2D eigenvalue weighted by molar-refractivity contribution is 8.76. The molecule has 0 aliphatic heterocycles. The van der Waals surface area contributed by atoms with Crippen LogP contribution in [0.15, 0.2) is 12.7 Å². The van der Waals surface area contributed by atoms with Crippen molar-refractivity contribution in [1.29, 1.82) is 0 Å². The van der Waals surface area contributed by atoms with Crippen LogP contribution in [0.5, 0.6) is 0 Å². The average Bonchev–Trinajstić information content (AvgIpc) is 2.79. The van der Waals surface area contributed by atoms with Crippen LogP contribution in [0.4, 0.5) is 0 Å². The van der Waals surface area contributed by atoms with Gasteiger partial charge in [0.2, 0.25) is 0 Å². The first-order valence-electron chi connectivity index (χ1n) is 11.6. The molecule has 0 aromatic carbocycles. The number of alkyl halides is 1. The standard InChI is InChI=1S/C24H40ClNO8S2/c1-8-19(27)32-12-14-35-36-15-13-33-20(28)18(16-23(3,4)21(29)31-9-2)17-24(5,25)22(30)34-11-10-26(6)7/h8,18H,1,9-17H2,2-7H3. The molecule has 0 heterocycles. The number of carbonyl (C=O) groups is 4. The minimum atomic E-state index is -1.48. The zero-order valence-electron chi connectivity index (χ0n) is 22.1. The molecule has 0 aromatic heterocycles. The molecule has 208 valence electrons. The molecule has 0 saturated heterocycles. The first-order valence-corrected chi connectivity index (χ1v) is 14.5. The van der Waals surface area contributed by atoms with E-state index >= 15 is 0 Å². The van der Waals surface area contributed by atoms with Crippen molar-refractivity contribution in [2.45, 2.75) is 45.4 Å². The highest BCUT2D eigenvalue weighted by Gasteiger charge is 2.42. The summed E-state index contributed by atoms with van der Waals surface area (Å²) < 4.78 is 20.8. The lowest BCUT2D eigenvalue weighted by atomic mass is 9.79. The van der Waals surface area contributed by atoms with Gasteiger partial charge in [0.1, 0.15) is 24.7 Å². The lowest BCUT2D eigenvalue weighted by Crippen LogP contribution is -2.40. The highest BCUT2D eigenvalue weighted by Crippen LogP contribution is 2.35. The van der Waals surface area contributed by atoms with Crippen molar-refractivity contribution < 1.29 is 38.1 Å². The average molecular weight is 570 g/mol. The number of hydrogen-bond donors (Lipinski definition) is 0. The SMILES string of the molecule is C=CC(=O)OCCSSCCOC(=O)C(CC(C)(C)C(=O)OCC)CC(C)(Cl)C(=O)OCCN(C)C. The Kier molecular flexibility index (Phi) is 17.2. The van der Waals surface area contributed by atoms with Crippen molar-refractivity contribution in [2.24, 2.45) is 11.3 Å². The van der Waals surface area contributed by atoms with Gasteiger partial charge in [-0.1, -0.05) is 28.2 Å². The van der Waals surface area contributed by atoms with Crippen LogP contribution >= 0.6 is 33.2 Å². The summed E-state index contributed by atoms with van der Waals surface area (Å²) in [6.07, 6.45) is 1.13. The zero-order valence-corrected chi connectivity index (χ0v) is 24.5. The Morgan fingerprint density at radius 1 is 0.917 bits per heavy atom. The molecule has 0 amide bonds. The molecule has 2 unspecified atom stereocenters. The number of nitrogens with zero attached hydrogens (tertiary/aromatic N) is 1. The van der Waals surface area contributed by atoms with Gasteiger partial charge in [-0.15, -0.1) is 11.6 Å². The molecule has 2 atom stereocenters. The van der Waals surface area contributed by atoms with Gasteiger partial charge >= 0.3 is 23.9 Å². The number of hydrogen-bond acceptors (Lipinski definition) is 11. The number of rotatable bonds is 19. The molecule has 36 heavy (non-hydrogen) atoms. The van der Waals surface area contributed by atoms with Gasteiger partial charge in [-0.3, -0.25) is 14.4 Å². The van der Waals surface area contributed by atoms with Gasteiger partial charge in [0, 0.05) is 24.1 Å². The molecule has 0 saturated carbocycles. The molecule has 0 bridgehead atoms. The Bertz CT molecular complexity index is 731. The minimum absolute atomic E-state index is 0.0619. The molecular formula is C24H40ClNO8S2. The first kappa shape index (κ1) is 34.6. The van der Waals surface area contributed by atoms with Gasteiger partial charge in [-0.25, -0.2) is 4.79 Å². The van der Waals surface area contributed by atoms with E-state index in [-0.39, 0.29) is 39.3 Å². The second kappa shape index (κ2) is 17.9. The largest absolute Gasteiger partial charge is 0.466 e. The van der Waals surface area contributed by atoms with Crippen molar-refractivity contribution >= 4 is 57.1 Å². The number of esters is 4. The maximum absolute atomic E-state index is 13.0. The van der Waals surface area contributed by atoms with Gasteiger partial charge < -0.3 is 23.8 Å². The van der Waals surface area contributed by atoms with Crippen LogP contribution in [0.1, 0.15) is 40.5 Å². The normalized spacial score (nSPS) is 13.9. The van der Waals surface area contributed by atoms with E-state index in [9.17, 15) is 19.2 Å². The molecule has 0 aliphatic carbocycles. The predicted octanol–water partition coefficient (Wildman–Crippen LogP) is 3.73. The summed E-state index contributed by atoms with van der Waals surface area (Å²) in [6, 6.07) is 0. The van der Waals surface area contributed by atoms with Crippen LogP contribution in [-0.2, 0) is 38.1 Å². The summed E-state index contributed by atoms with van der Waals surface area (Å²) in [5.74, 6) is -1.85. The van der Waals surface area contributed by atoms with E-state index in [1.807, 2.05) is 19.0 Å². The fraction of sp³-hybridized carbons (Fsp3) is 0.750. The van der Waals surface area contributed by atoms with E-state index in [0.29, 0.717) is 18.1 Å². The van der Waals surface area contributed by atoms with Crippen LogP contribution in [0.2, 0.25) is 0 Å². The summed E-state index contributed by atoms with van der Waals surface area (Å²) in [5, 5.41) is 0. The smallest absolute Gasteiger partial charge is 0.330 e. The van der Waals surface area contributed by atoms with Crippen molar-refractivity contribution in [1.82, 2.24) is 4.90 Å². The second-order valence-electron chi connectivity index (χ2n) is 9.03. The molecular weight excluding hydrogens is 530 g/mol. The fourth-order valence-corrected chi connectivity index (χ4v) is 4.82. The third kappa shape index (κ3) is 15.0. The number of halogens is 1. The third-order valence-corrected chi connectivity index (χ3v) is 7.46. The van der Waals surface area contributed by atoms with Gasteiger partial charge in [-0.2, -0.15) is 0 Å². The molecule has 0 N–H and O–H groups in total. The summed E-state index contributed by atoms with van der Waals surface area (Å²) in [7, 11) is 6.65. The highest BCUT2D eigenvalue weighted by atomic mass is 35.5. The van der Waals surface area contributed by atoms with E-state index in [4.69, 9.17) is 30.5 Å². The van der Waals surface area contributed by atoms with Crippen molar-refractivity contribution in [3.63, 3.8) is 0 Å². The zero-order chi connectivity index (χ0) is 27.8. The van der Waals surface area contributed by atoms with Gasteiger partial charge in [0.25, 0.3) is 0 Å². The van der Waals surface area contributed by atoms with Gasteiger partial charge in [0.05, 0.1) is 17.9 Å². The molecule has 0 spiro atoms. The minimum Gasteiger partial charge on any atom is -0.466 e. The first-order chi connectivity index (χ1) is 16.8. The third-order valence-electron chi connectivity index (χ3n) is 4.82. The van der Waals surface area contributed by atoms with E-state index in [1.165, 1.54) is 28.5 Å². The molecule has 0 aromatic rings. The fourth-order valence-electron chi connectivity index (χ4n) is 2.93. The Hall–Kier alpha value is -1.43. The number of likely N-dealkylation sites (N-methyl/N-ethyl adjacent to an activating group) is 1. The summed E-state index contributed by atoms with van der Waals surface area (Å²) >= 11 is 6.51. The summed E-state index contributed by atoms with van der Waals surface area (Å²) in [5.41, 5.74) is -0.991. The molecule has 0 fully saturated rings. The lowest BCUT2D eigenvalue weighted by Gasteiger charge is -2.30. The van der Waals surface area contributed by atoms with Crippen LogP contribution < -0.4 is 0 Å². The van der Waals surface area contributed by atoms with E-state index in [0.717, 1.165) is 6.08 Å². The van der Waals surface area contributed by atoms with Crippen molar-refractivity contribution in [3.8, 4) is 0 Å². The van der Waals surface area contributed by atoms with Crippen LogP contribution in [0.25, 0.3) is 0 Å². The molecule has 0 aliphatic rings. The lowest BCUT2D eigenvalue weighted by molar-refractivity contribution is -0.158. The Morgan fingerprint density at radius 3 is 2.03 bits per heavy atom. The quantitative estimate of drug-likeness (QED) is 0.0567. The maximum atomic E-state index is 13.0. The van der Waals surface area contributed by atoms with E-state index in [2.05, 4.69) is 6.58 Å². The number of carbonyl (C=O) groups excluding carboxylic acids is 4. The topological polar surface area (TPSA) is 108 Å². The summed E-state index contributed by atoms with van der Waals surface area (Å²) in [6.45, 7) is 11.2. The van der Waals surface area contributed by atoms with Crippen LogP contribution in [0.3, 0.4) is 0 Å². The number of ether oxygens (including phenoxy) is 4. The van der Waals surface area contributed by atoms with E-state index < -0.39 is 40.1 Å². The van der Waals surface area contributed by atoms with Crippen LogP contribution in [0, 0.1) is 11.3 Å². The molecule has 0 radical (unpaired) electrons.